The SMILES string of the molecule is CCOc1ccc(S(=O)(=O)N2C[C@@H](CC3CCCCCC3)[C@@H](n3nc(CC(=O)O)c4ccccc43)C2)c(F)c1. The molecule has 8 nitrogen and oxygen atoms in total. The zero-order valence-electron chi connectivity index (χ0n) is 22.3. The predicted octanol–water partition coefficient (Wildman–Crippen LogP) is 5.42. The zero-order chi connectivity index (χ0) is 27.6. The minimum Gasteiger partial charge on any atom is -0.494 e. The van der Waals surface area contributed by atoms with E-state index < -0.39 is 21.8 Å². The molecule has 0 amide bonds. The molecule has 1 aromatic heterocycles. The van der Waals surface area contributed by atoms with E-state index in [9.17, 15) is 18.3 Å². The molecule has 2 atom stereocenters. The van der Waals surface area contributed by atoms with Crippen LogP contribution < -0.4 is 4.74 Å². The molecule has 2 fully saturated rings. The van der Waals surface area contributed by atoms with Crippen molar-refractivity contribution in [2.45, 2.75) is 69.2 Å². The number of nitrogens with zero attached hydrogens (tertiary/aromatic N) is 3. The maximum atomic E-state index is 15.0. The summed E-state index contributed by atoms with van der Waals surface area (Å²) >= 11 is 0. The van der Waals surface area contributed by atoms with Gasteiger partial charge in [-0.15, -0.1) is 0 Å². The van der Waals surface area contributed by atoms with Crippen LogP contribution in [0, 0.1) is 17.7 Å². The van der Waals surface area contributed by atoms with E-state index in [0.717, 1.165) is 36.2 Å². The van der Waals surface area contributed by atoms with Gasteiger partial charge in [0.25, 0.3) is 0 Å². The van der Waals surface area contributed by atoms with Crippen molar-refractivity contribution in [3.63, 3.8) is 0 Å². The Labute approximate surface area is 228 Å². The molecule has 2 aromatic carbocycles. The molecule has 1 aliphatic carbocycles. The molecule has 0 unspecified atom stereocenters. The standard InChI is InChI=1S/C29H36FN3O5S/c1-2-38-22-13-14-28(24(30)16-22)39(36,37)32-18-21(15-20-9-5-3-4-6-10-20)27(19-32)33-26-12-8-7-11-23(26)25(31-33)17-29(34)35/h7-8,11-14,16,20-21,27H,2-6,9-10,15,17-19H2,1H3,(H,34,35)/t21-,27+/m1/s1. The average molecular weight is 558 g/mol. The number of aliphatic carboxylic acids is 1. The third-order valence-corrected chi connectivity index (χ3v) is 10.0. The molecule has 39 heavy (non-hydrogen) atoms. The summed E-state index contributed by atoms with van der Waals surface area (Å²) in [4.78, 5) is 11.2. The minimum atomic E-state index is -4.12. The Hall–Kier alpha value is -2.98. The highest BCUT2D eigenvalue weighted by Gasteiger charge is 2.43. The molecule has 2 aliphatic rings. The second kappa shape index (κ2) is 11.6. The van der Waals surface area contributed by atoms with Crippen LogP contribution in [-0.2, 0) is 21.2 Å². The number of fused-ring (bicyclic) bond motifs is 1. The van der Waals surface area contributed by atoms with Crippen molar-refractivity contribution in [2.24, 2.45) is 11.8 Å². The summed E-state index contributed by atoms with van der Waals surface area (Å²) in [6, 6.07) is 11.1. The van der Waals surface area contributed by atoms with Crippen LogP contribution in [0.4, 0.5) is 4.39 Å². The van der Waals surface area contributed by atoms with Gasteiger partial charge in [0.1, 0.15) is 16.5 Å². The minimum absolute atomic E-state index is 0.0328. The normalized spacial score (nSPS) is 21.3. The van der Waals surface area contributed by atoms with Crippen LogP contribution in [0.1, 0.15) is 63.6 Å². The summed E-state index contributed by atoms with van der Waals surface area (Å²) in [5.41, 5.74) is 1.25. The summed E-state index contributed by atoms with van der Waals surface area (Å²) in [6.45, 7) is 2.54. The number of hydrogen-bond donors (Lipinski definition) is 1. The second-order valence-corrected chi connectivity index (χ2v) is 12.7. The Morgan fingerprint density at radius 1 is 1.10 bits per heavy atom. The van der Waals surface area contributed by atoms with Crippen molar-refractivity contribution in [3.05, 3.63) is 54.0 Å². The quantitative estimate of drug-likeness (QED) is 0.353. The van der Waals surface area contributed by atoms with Crippen molar-refractivity contribution in [2.75, 3.05) is 19.7 Å². The first-order chi connectivity index (χ1) is 18.8. The van der Waals surface area contributed by atoms with E-state index in [0.29, 0.717) is 18.2 Å². The van der Waals surface area contributed by atoms with Crippen LogP contribution in [-0.4, -0.2) is 53.3 Å². The number of carbonyl (C=O) groups is 1. The van der Waals surface area contributed by atoms with Gasteiger partial charge in [-0.1, -0.05) is 56.7 Å². The third-order valence-electron chi connectivity index (χ3n) is 8.14. The van der Waals surface area contributed by atoms with Gasteiger partial charge in [-0.05, 0) is 43.4 Å². The summed E-state index contributed by atoms with van der Waals surface area (Å²) in [5, 5.41) is 15.0. The van der Waals surface area contributed by atoms with Crippen molar-refractivity contribution >= 4 is 26.9 Å². The number of hydrogen-bond acceptors (Lipinski definition) is 5. The molecule has 3 aromatic rings. The maximum Gasteiger partial charge on any atom is 0.309 e. The highest BCUT2D eigenvalue weighted by molar-refractivity contribution is 7.89. The van der Waals surface area contributed by atoms with Gasteiger partial charge in [0, 0.05) is 24.5 Å². The summed E-state index contributed by atoms with van der Waals surface area (Å²) in [7, 11) is -4.12. The van der Waals surface area contributed by atoms with Gasteiger partial charge in [-0.3, -0.25) is 9.48 Å². The highest BCUT2D eigenvalue weighted by atomic mass is 32.2. The van der Waals surface area contributed by atoms with Crippen LogP contribution in [0.25, 0.3) is 10.9 Å². The van der Waals surface area contributed by atoms with Gasteiger partial charge in [-0.25, -0.2) is 12.8 Å². The first kappa shape index (κ1) is 27.6. The Kier molecular flexibility index (Phi) is 8.23. The van der Waals surface area contributed by atoms with Crippen LogP contribution in [0.5, 0.6) is 5.75 Å². The maximum absolute atomic E-state index is 15.0. The Morgan fingerprint density at radius 2 is 1.85 bits per heavy atom. The van der Waals surface area contributed by atoms with E-state index in [1.807, 2.05) is 28.9 Å². The van der Waals surface area contributed by atoms with Crippen molar-refractivity contribution < 1.29 is 27.4 Å². The average Bonchev–Trinajstić information content (AvgIpc) is 3.36. The first-order valence-corrected chi connectivity index (χ1v) is 15.3. The number of rotatable bonds is 9. The van der Waals surface area contributed by atoms with Gasteiger partial charge in [0.15, 0.2) is 0 Å². The number of para-hydroxylation sites is 1. The number of carboxylic acid groups (broad SMARTS) is 1. The van der Waals surface area contributed by atoms with Crippen LogP contribution in [0.3, 0.4) is 0 Å². The fourth-order valence-electron chi connectivity index (χ4n) is 6.32. The monoisotopic (exact) mass is 557 g/mol. The molecule has 1 N–H and O–H groups in total. The van der Waals surface area contributed by atoms with E-state index >= 15 is 4.39 Å². The first-order valence-electron chi connectivity index (χ1n) is 13.9. The number of sulfonamides is 1. The van der Waals surface area contributed by atoms with Crippen molar-refractivity contribution in [3.8, 4) is 5.75 Å². The summed E-state index contributed by atoms with van der Waals surface area (Å²) < 4.78 is 51.1. The lowest BCUT2D eigenvalue weighted by Crippen LogP contribution is -2.30. The van der Waals surface area contributed by atoms with Crippen molar-refractivity contribution in [1.82, 2.24) is 14.1 Å². The lowest BCUT2D eigenvalue weighted by molar-refractivity contribution is -0.136. The fraction of sp³-hybridized carbons (Fsp3) is 0.517. The van der Waals surface area contributed by atoms with E-state index in [1.54, 1.807) is 6.92 Å². The summed E-state index contributed by atoms with van der Waals surface area (Å²) in [6.07, 6.45) is 7.68. The fourth-order valence-corrected chi connectivity index (χ4v) is 7.88. The molecule has 10 heteroatoms. The van der Waals surface area contributed by atoms with Gasteiger partial charge in [0.2, 0.25) is 10.0 Å². The molecule has 2 heterocycles. The number of aromatic nitrogens is 2. The molecule has 1 aliphatic heterocycles. The lowest BCUT2D eigenvalue weighted by Gasteiger charge is -2.24. The Bertz CT molecular complexity index is 1430. The number of carboxylic acids is 1. The van der Waals surface area contributed by atoms with Gasteiger partial charge in [0.05, 0.1) is 30.3 Å². The summed E-state index contributed by atoms with van der Waals surface area (Å²) in [5.74, 6) is -1.06. The molecule has 0 radical (unpaired) electrons. The van der Waals surface area contributed by atoms with Gasteiger partial charge >= 0.3 is 5.97 Å². The van der Waals surface area contributed by atoms with Crippen LogP contribution in [0.2, 0.25) is 0 Å². The smallest absolute Gasteiger partial charge is 0.309 e. The third kappa shape index (κ3) is 5.82. The van der Waals surface area contributed by atoms with E-state index in [-0.39, 0.29) is 42.1 Å². The largest absolute Gasteiger partial charge is 0.494 e. The van der Waals surface area contributed by atoms with Gasteiger partial charge < -0.3 is 9.84 Å². The molecular formula is C29H36FN3O5S. The highest BCUT2D eigenvalue weighted by Crippen LogP contribution is 2.40. The van der Waals surface area contributed by atoms with E-state index in [1.165, 1.54) is 42.1 Å². The van der Waals surface area contributed by atoms with E-state index in [4.69, 9.17) is 9.84 Å². The van der Waals surface area contributed by atoms with E-state index in [2.05, 4.69) is 0 Å². The molecule has 1 saturated heterocycles. The molecule has 1 saturated carbocycles. The zero-order valence-corrected chi connectivity index (χ0v) is 23.1. The topological polar surface area (TPSA) is 102 Å². The van der Waals surface area contributed by atoms with Gasteiger partial charge in [-0.2, -0.15) is 9.40 Å². The number of halogens is 1. The van der Waals surface area contributed by atoms with Crippen LogP contribution in [0.15, 0.2) is 47.4 Å². The van der Waals surface area contributed by atoms with Crippen LogP contribution >= 0.6 is 0 Å². The predicted molar refractivity (Wildman–Crippen MR) is 146 cm³/mol. The molecule has 210 valence electrons. The Balaban J connectivity index is 1.51. The second-order valence-electron chi connectivity index (χ2n) is 10.7. The lowest BCUT2D eigenvalue weighted by atomic mass is 9.86. The molecule has 0 bridgehead atoms. The number of benzene rings is 2. The molecule has 5 rings (SSSR count). The molecular weight excluding hydrogens is 521 g/mol. The number of ether oxygens (including phenoxy) is 1. The van der Waals surface area contributed by atoms with Crippen molar-refractivity contribution in [1.29, 1.82) is 0 Å². The molecule has 0 spiro atoms. The Morgan fingerprint density at radius 3 is 2.54 bits per heavy atom.